The summed E-state index contributed by atoms with van der Waals surface area (Å²) < 4.78 is 0. The van der Waals surface area contributed by atoms with Crippen molar-refractivity contribution in [1.29, 1.82) is 0 Å². The smallest absolute Gasteiger partial charge is 0.226 e. The van der Waals surface area contributed by atoms with Gasteiger partial charge in [-0.1, -0.05) is 6.92 Å². The van der Waals surface area contributed by atoms with E-state index in [1.165, 1.54) is 4.88 Å². The maximum Gasteiger partial charge on any atom is 0.226 e. The van der Waals surface area contributed by atoms with Crippen LogP contribution in [0.3, 0.4) is 0 Å². The standard InChI is InChI=1S/C15H25N5S/c1-5-7-17-15-18-13(16-8-6-9-20(3)4)12-10-11(2)21-14(12)19-15/h10H,5-9H2,1-4H3,(H2,16,17,18,19). The zero-order valence-electron chi connectivity index (χ0n) is 13.4. The van der Waals surface area contributed by atoms with E-state index in [-0.39, 0.29) is 0 Å². The highest BCUT2D eigenvalue weighted by Crippen LogP contribution is 2.29. The van der Waals surface area contributed by atoms with Gasteiger partial charge in [-0.25, -0.2) is 4.98 Å². The number of aromatic nitrogens is 2. The summed E-state index contributed by atoms with van der Waals surface area (Å²) in [4.78, 5) is 13.7. The van der Waals surface area contributed by atoms with Crippen LogP contribution in [0.4, 0.5) is 11.8 Å². The topological polar surface area (TPSA) is 53.1 Å². The van der Waals surface area contributed by atoms with Gasteiger partial charge in [-0.05, 0) is 46.5 Å². The zero-order valence-corrected chi connectivity index (χ0v) is 14.2. The Labute approximate surface area is 130 Å². The van der Waals surface area contributed by atoms with Crippen LogP contribution in [0.25, 0.3) is 10.2 Å². The van der Waals surface area contributed by atoms with E-state index in [4.69, 9.17) is 0 Å². The van der Waals surface area contributed by atoms with Crippen LogP contribution >= 0.6 is 11.3 Å². The first-order valence-corrected chi connectivity index (χ1v) is 8.32. The van der Waals surface area contributed by atoms with Gasteiger partial charge < -0.3 is 15.5 Å². The molecule has 2 aromatic heterocycles. The second-order valence-electron chi connectivity index (χ2n) is 5.48. The van der Waals surface area contributed by atoms with Crippen molar-refractivity contribution >= 4 is 33.3 Å². The van der Waals surface area contributed by atoms with Crippen LogP contribution in [-0.2, 0) is 0 Å². The lowest BCUT2D eigenvalue weighted by atomic mass is 10.3. The fourth-order valence-electron chi connectivity index (χ4n) is 2.09. The molecule has 2 heterocycles. The highest BCUT2D eigenvalue weighted by Gasteiger charge is 2.10. The molecule has 0 saturated heterocycles. The number of hydrogen-bond acceptors (Lipinski definition) is 6. The largest absolute Gasteiger partial charge is 0.369 e. The van der Waals surface area contributed by atoms with Crippen molar-refractivity contribution in [3.8, 4) is 0 Å². The lowest BCUT2D eigenvalue weighted by Crippen LogP contribution is -2.17. The van der Waals surface area contributed by atoms with Crippen molar-refractivity contribution in [1.82, 2.24) is 14.9 Å². The summed E-state index contributed by atoms with van der Waals surface area (Å²) in [5.74, 6) is 1.67. The van der Waals surface area contributed by atoms with Crippen molar-refractivity contribution in [2.45, 2.75) is 26.7 Å². The molecule has 2 rings (SSSR count). The van der Waals surface area contributed by atoms with E-state index in [0.717, 1.165) is 54.5 Å². The summed E-state index contributed by atoms with van der Waals surface area (Å²) >= 11 is 1.72. The molecule has 0 amide bonds. The van der Waals surface area contributed by atoms with Crippen molar-refractivity contribution in [2.75, 3.05) is 44.4 Å². The second kappa shape index (κ2) is 7.56. The Morgan fingerprint density at radius 2 is 2.00 bits per heavy atom. The molecule has 0 unspecified atom stereocenters. The molecule has 0 aliphatic carbocycles. The molecule has 0 aromatic carbocycles. The normalized spacial score (nSPS) is 11.3. The van der Waals surface area contributed by atoms with Gasteiger partial charge in [0.1, 0.15) is 10.6 Å². The molecule has 116 valence electrons. The molecule has 0 bridgehead atoms. The number of nitrogens with zero attached hydrogens (tertiary/aromatic N) is 3. The van der Waals surface area contributed by atoms with Gasteiger partial charge in [-0.2, -0.15) is 4.98 Å². The minimum atomic E-state index is 0.723. The van der Waals surface area contributed by atoms with Crippen molar-refractivity contribution in [2.24, 2.45) is 0 Å². The summed E-state index contributed by atoms with van der Waals surface area (Å²) in [6.07, 6.45) is 2.16. The van der Waals surface area contributed by atoms with E-state index in [2.05, 4.69) is 59.5 Å². The third-order valence-corrected chi connectivity index (χ3v) is 4.07. The Kier molecular flexibility index (Phi) is 5.76. The van der Waals surface area contributed by atoms with E-state index >= 15 is 0 Å². The Balaban J connectivity index is 2.14. The second-order valence-corrected chi connectivity index (χ2v) is 6.72. The summed E-state index contributed by atoms with van der Waals surface area (Å²) in [5, 5.41) is 7.87. The van der Waals surface area contributed by atoms with Crippen LogP contribution < -0.4 is 10.6 Å². The number of anilines is 2. The van der Waals surface area contributed by atoms with E-state index < -0.39 is 0 Å². The van der Waals surface area contributed by atoms with E-state index in [0.29, 0.717) is 0 Å². The van der Waals surface area contributed by atoms with Crippen LogP contribution in [0.5, 0.6) is 0 Å². The van der Waals surface area contributed by atoms with Gasteiger partial charge in [0.2, 0.25) is 5.95 Å². The van der Waals surface area contributed by atoms with Gasteiger partial charge in [-0.3, -0.25) is 0 Å². The fraction of sp³-hybridized carbons (Fsp3) is 0.600. The van der Waals surface area contributed by atoms with Gasteiger partial charge in [-0.15, -0.1) is 11.3 Å². The predicted octanol–water partition coefficient (Wildman–Crippen LogP) is 3.19. The quantitative estimate of drug-likeness (QED) is 0.734. The summed E-state index contributed by atoms with van der Waals surface area (Å²) in [7, 11) is 4.19. The van der Waals surface area contributed by atoms with Crippen molar-refractivity contribution < 1.29 is 0 Å². The number of thiophene rings is 1. The number of nitrogens with one attached hydrogen (secondary N) is 2. The average Bonchev–Trinajstić information content (AvgIpc) is 2.81. The van der Waals surface area contributed by atoms with Crippen molar-refractivity contribution in [3.63, 3.8) is 0 Å². The van der Waals surface area contributed by atoms with Crippen LogP contribution in [0.2, 0.25) is 0 Å². The number of rotatable bonds is 8. The zero-order chi connectivity index (χ0) is 15.2. The minimum absolute atomic E-state index is 0.723. The molecule has 0 atom stereocenters. The molecular weight excluding hydrogens is 282 g/mol. The highest BCUT2D eigenvalue weighted by molar-refractivity contribution is 7.18. The molecule has 0 fully saturated rings. The maximum atomic E-state index is 4.63. The SMILES string of the molecule is CCCNc1nc(NCCCN(C)C)c2cc(C)sc2n1. The van der Waals surface area contributed by atoms with E-state index in [1.807, 2.05) is 0 Å². The van der Waals surface area contributed by atoms with Crippen LogP contribution in [0.1, 0.15) is 24.6 Å². The predicted molar refractivity (Wildman–Crippen MR) is 92.6 cm³/mol. The van der Waals surface area contributed by atoms with Crippen molar-refractivity contribution in [3.05, 3.63) is 10.9 Å². The fourth-order valence-corrected chi connectivity index (χ4v) is 2.97. The average molecular weight is 307 g/mol. The van der Waals surface area contributed by atoms with E-state index in [9.17, 15) is 0 Å². The number of aryl methyl sites for hydroxylation is 1. The summed E-state index contributed by atoms with van der Waals surface area (Å²) in [5.41, 5.74) is 0. The highest BCUT2D eigenvalue weighted by atomic mass is 32.1. The third-order valence-electron chi connectivity index (χ3n) is 3.12. The molecule has 0 aliphatic heterocycles. The molecule has 0 aliphatic rings. The van der Waals surface area contributed by atoms with Gasteiger partial charge in [0, 0.05) is 18.0 Å². The van der Waals surface area contributed by atoms with E-state index in [1.54, 1.807) is 11.3 Å². The van der Waals surface area contributed by atoms with Crippen LogP contribution in [-0.4, -0.2) is 48.6 Å². The molecule has 0 saturated carbocycles. The monoisotopic (exact) mass is 307 g/mol. The summed E-state index contributed by atoms with van der Waals surface area (Å²) in [6, 6.07) is 2.16. The lowest BCUT2D eigenvalue weighted by Gasteiger charge is -2.12. The van der Waals surface area contributed by atoms with Gasteiger partial charge in [0.15, 0.2) is 0 Å². The Hall–Kier alpha value is -1.40. The minimum Gasteiger partial charge on any atom is -0.369 e. The number of hydrogen-bond donors (Lipinski definition) is 2. The first kappa shape index (κ1) is 16.0. The molecule has 5 nitrogen and oxygen atoms in total. The summed E-state index contributed by atoms with van der Waals surface area (Å²) in [6.45, 7) is 7.15. The molecule has 0 radical (unpaired) electrons. The van der Waals surface area contributed by atoms with Gasteiger partial charge in [0.25, 0.3) is 0 Å². The van der Waals surface area contributed by atoms with Crippen LogP contribution in [0, 0.1) is 6.92 Å². The first-order chi connectivity index (χ1) is 10.1. The Morgan fingerprint density at radius 1 is 1.19 bits per heavy atom. The molecule has 2 N–H and O–H groups in total. The third kappa shape index (κ3) is 4.54. The van der Waals surface area contributed by atoms with Gasteiger partial charge in [0.05, 0.1) is 5.39 Å². The number of fused-ring (bicyclic) bond motifs is 1. The molecule has 6 heteroatoms. The lowest BCUT2D eigenvalue weighted by molar-refractivity contribution is 0.405. The van der Waals surface area contributed by atoms with Crippen LogP contribution in [0.15, 0.2) is 6.07 Å². The van der Waals surface area contributed by atoms with Gasteiger partial charge >= 0.3 is 0 Å². The maximum absolute atomic E-state index is 4.63. The molecular formula is C15H25N5S. The molecule has 21 heavy (non-hydrogen) atoms. The molecule has 2 aromatic rings. The Bertz CT molecular complexity index is 579. The Morgan fingerprint density at radius 3 is 2.71 bits per heavy atom. The first-order valence-electron chi connectivity index (χ1n) is 7.50. The molecule has 0 spiro atoms.